The van der Waals surface area contributed by atoms with Gasteiger partial charge in [-0.2, -0.15) is 4.31 Å². The number of nitrogens with one attached hydrogen (secondary N) is 1. The quantitative estimate of drug-likeness (QED) is 0.749. The molecule has 0 unspecified atom stereocenters. The normalized spacial score (nSPS) is 17.9. The van der Waals surface area contributed by atoms with Gasteiger partial charge in [-0.25, -0.2) is 8.42 Å². The molecule has 1 fully saturated rings. The zero-order valence-electron chi connectivity index (χ0n) is 14.8. The zero-order chi connectivity index (χ0) is 21.2. The fourth-order valence-corrected chi connectivity index (χ4v) is 4.78. The molecule has 2 aromatic rings. The number of benzene rings is 2. The Labute approximate surface area is 170 Å². The summed E-state index contributed by atoms with van der Waals surface area (Å²) in [5.41, 5.74) is 0.222. The van der Waals surface area contributed by atoms with Crippen molar-refractivity contribution in [2.24, 2.45) is 0 Å². The van der Waals surface area contributed by atoms with Crippen molar-refractivity contribution in [3.05, 3.63) is 53.6 Å². The molecular formula is C18H16ClF3N2O4S. The van der Waals surface area contributed by atoms with Crippen molar-refractivity contribution in [1.29, 1.82) is 0 Å². The predicted molar refractivity (Wildman–Crippen MR) is 100 cm³/mol. The first kappa shape index (κ1) is 21.4. The third-order valence-corrected chi connectivity index (χ3v) is 6.46. The number of sulfonamides is 1. The highest BCUT2D eigenvalue weighted by Gasteiger charge is 2.39. The van der Waals surface area contributed by atoms with E-state index < -0.39 is 34.1 Å². The van der Waals surface area contributed by atoms with Gasteiger partial charge in [0.2, 0.25) is 15.9 Å². The van der Waals surface area contributed by atoms with Gasteiger partial charge in [-0.15, -0.1) is 13.2 Å². The number of nitrogens with zero attached hydrogens (tertiary/aromatic N) is 1. The SMILES string of the molecule is O=C(Nc1ccc(OC(F)(F)F)cc1)[C@@H]1CCCN1S(=O)(=O)c1ccc(Cl)cc1. The lowest BCUT2D eigenvalue weighted by Crippen LogP contribution is -2.43. The Hall–Kier alpha value is -2.30. The Morgan fingerprint density at radius 3 is 2.31 bits per heavy atom. The highest BCUT2D eigenvalue weighted by molar-refractivity contribution is 7.89. The molecule has 1 amide bonds. The van der Waals surface area contributed by atoms with E-state index in [1.165, 1.54) is 36.4 Å². The summed E-state index contributed by atoms with van der Waals surface area (Å²) < 4.78 is 67.3. The van der Waals surface area contributed by atoms with Gasteiger partial charge in [0.05, 0.1) is 4.90 Å². The van der Waals surface area contributed by atoms with E-state index in [1.54, 1.807) is 0 Å². The van der Waals surface area contributed by atoms with Gasteiger partial charge >= 0.3 is 6.36 Å². The minimum Gasteiger partial charge on any atom is -0.406 e. The van der Waals surface area contributed by atoms with Crippen LogP contribution < -0.4 is 10.1 Å². The Kier molecular flexibility index (Phi) is 6.06. The maximum Gasteiger partial charge on any atom is 0.573 e. The summed E-state index contributed by atoms with van der Waals surface area (Å²) in [5, 5.41) is 2.92. The first-order valence-corrected chi connectivity index (χ1v) is 10.3. The van der Waals surface area contributed by atoms with Crippen LogP contribution in [0.5, 0.6) is 5.75 Å². The Morgan fingerprint density at radius 2 is 1.72 bits per heavy atom. The number of alkyl halides is 3. The molecule has 2 aromatic carbocycles. The fraction of sp³-hybridized carbons (Fsp3) is 0.278. The Morgan fingerprint density at radius 1 is 1.10 bits per heavy atom. The average Bonchev–Trinajstić information content (AvgIpc) is 3.13. The summed E-state index contributed by atoms with van der Waals surface area (Å²) in [7, 11) is -3.90. The fourth-order valence-electron chi connectivity index (χ4n) is 3.00. The van der Waals surface area contributed by atoms with Gasteiger partial charge in [-0.05, 0) is 61.4 Å². The summed E-state index contributed by atoms with van der Waals surface area (Å²) in [6.07, 6.45) is -3.98. The van der Waals surface area contributed by atoms with Crippen molar-refractivity contribution in [2.45, 2.75) is 30.1 Å². The number of anilines is 1. The van der Waals surface area contributed by atoms with Crippen molar-refractivity contribution in [1.82, 2.24) is 4.31 Å². The highest BCUT2D eigenvalue weighted by atomic mass is 35.5. The maximum absolute atomic E-state index is 12.9. The van der Waals surface area contributed by atoms with Crippen LogP contribution in [0.1, 0.15) is 12.8 Å². The summed E-state index contributed by atoms with van der Waals surface area (Å²) >= 11 is 5.79. The van der Waals surface area contributed by atoms with Gasteiger partial charge in [0.1, 0.15) is 11.8 Å². The number of carbonyl (C=O) groups is 1. The van der Waals surface area contributed by atoms with Gasteiger partial charge in [-0.3, -0.25) is 4.79 Å². The number of hydrogen-bond acceptors (Lipinski definition) is 4. The number of carbonyl (C=O) groups excluding carboxylic acids is 1. The van der Waals surface area contributed by atoms with E-state index in [2.05, 4.69) is 10.1 Å². The molecule has 1 atom stereocenters. The van der Waals surface area contributed by atoms with Crippen LogP contribution in [0.2, 0.25) is 5.02 Å². The van der Waals surface area contributed by atoms with Crippen molar-refractivity contribution in [2.75, 3.05) is 11.9 Å². The topological polar surface area (TPSA) is 75.7 Å². The number of amides is 1. The minimum atomic E-state index is -4.81. The second kappa shape index (κ2) is 8.21. The molecule has 1 N–H and O–H groups in total. The monoisotopic (exact) mass is 448 g/mol. The van der Waals surface area contributed by atoms with Crippen molar-refractivity contribution < 1.29 is 31.1 Å². The van der Waals surface area contributed by atoms with Crippen LogP contribution >= 0.6 is 11.6 Å². The predicted octanol–water partition coefficient (Wildman–Crippen LogP) is 4.03. The van der Waals surface area contributed by atoms with E-state index >= 15 is 0 Å². The maximum atomic E-state index is 12.9. The molecule has 1 heterocycles. The van der Waals surface area contributed by atoms with Crippen molar-refractivity contribution >= 4 is 33.2 Å². The Bertz CT molecular complexity index is 980. The van der Waals surface area contributed by atoms with E-state index in [4.69, 9.17) is 11.6 Å². The lowest BCUT2D eigenvalue weighted by atomic mass is 10.2. The molecule has 1 saturated heterocycles. The van der Waals surface area contributed by atoms with E-state index in [0.717, 1.165) is 16.4 Å². The van der Waals surface area contributed by atoms with E-state index in [-0.39, 0.29) is 17.1 Å². The Balaban J connectivity index is 1.72. The van der Waals surface area contributed by atoms with Crippen LogP contribution in [0, 0.1) is 0 Å². The molecule has 29 heavy (non-hydrogen) atoms. The molecule has 3 rings (SSSR count). The number of rotatable bonds is 5. The standard InChI is InChI=1S/C18H16ClF3N2O4S/c19-12-3-9-15(10-4-12)29(26,27)24-11-1-2-16(24)17(25)23-13-5-7-14(8-6-13)28-18(20,21)22/h3-10,16H,1-2,11H2,(H,23,25)/t16-/m0/s1. The van der Waals surface area contributed by atoms with Gasteiger partial charge in [-0.1, -0.05) is 11.6 Å². The van der Waals surface area contributed by atoms with E-state index in [1.807, 2.05) is 0 Å². The molecule has 1 aliphatic rings. The van der Waals surface area contributed by atoms with Crippen molar-refractivity contribution in [3.63, 3.8) is 0 Å². The van der Waals surface area contributed by atoms with Gasteiger partial charge in [0.15, 0.2) is 0 Å². The second-order valence-corrected chi connectivity index (χ2v) is 8.62. The molecule has 0 spiro atoms. The molecular weight excluding hydrogens is 433 g/mol. The van der Waals surface area contributed by atoms with Gasteiger partial charge < -0.3 is 10.1 Å². The van der Waals surface area contributed by atoms with E-state index in [9.17, 15) is 26.4 Å². The molecule has 156 valence electrons. The van der Waals surface area contributed by atoms with Gasteiger partial charge in [0, 0.05) is 17.3 Å². The van der Waals surface area contributed by atoms with Crippen LogP contribution in [0.4, 0.5) is 18.9 Å². The molecule has 0 radical (unpaired) electrons. The first-order chi connectivity index (χ1) is 13.6. The van der Waals surface area contributed by atoms with Crippen LogP contribution in [-0.4, -0.2) is 37.6 Å². The molecule has 1 aliphatic heterocycles. The molecule has 6 nitrogen and oxygen atoms in total. The largest absolute Gasteiger partial charge is 0.573 e. The number of halogens is 4. The van der Waals surface area contributed by atoms with Crippen molar-refractivity contribution in [3.8, 4) is 5.75 Å². The number of ether oxygens (including phenoxy) is 1. The van der Waals surface area contributed by atoms with E-state index in [0.29, 0.717) is 17.9 Å². The minimum absolute atomic E-state index is 0.0234. The molecule has 0 aliphatic carbocycles. The second-order valence-electron chi connectivity index (χ2n) is 6.29. The first-order valence-electron chi connectivity index (χ1n) is 8.50. The lowest BCUT2D eigenvalue weighted by molar-refractivity contribution is -0.274. The molecule has 0 saturated carbocycles. The molecule has 0 aromatic heterocycles. The van der Waals surface area contributed by atoms with Gasteiger partial charge in [0.25, 0.3) is 0 Å². The zero-order valence-corrected chi connectivity index (χ0v) is 16.4. The average molecular weight is 449 g/mol. The van der Waals surface area contributed by atoms with Crippen LogP contribution in [0.3, 0.4) is 0 Å². The van der Waals surface area contributed by atoms with Crippen LogP contribution in [0.25, 0.3) is 0 Å². The van der Waals surface area contributed by atoms with Crippen LogP contribution in [-0.2, 0) is 14.8 Å². The number of hydrogen-bond donors (Lipinski definition) is 1. The summed E-state index contributed by atoms with van der Waals surface area (Å²) in [6.45, 7) is 0.182. The van der Waals surface area contributed by atoms with Crippen LogP contribution in [0.15, 0.2) is 53.4 Å². The summed E-state index contributed by atoms with van der Waals surface area (Å²) in [4.78, 5) is 12.6. The lowest BCUT2D eigenvalue weighted by Gasteiger charge is -2.23. The third kappa shape index (κ3) is 5.20. The third-order valence-electron chi connectivity index (χ3n) is 4.28. The smallest absolute Gasteiger partial charge is 0.406 e. The highest BCUT2D eigenvalue weighted by Crippen LogP contribution is 2.28. The molecule has 11 heteroatoms. The summed E-state index contributed by atoms with van der Waals surface area (Å²) in [5.74, 6) is -0.993. The molecule has 0 bridgehead atoms. The summed E-state index contributed by atoms with van der Waals surface area (Å²) in [6, 6.07) is 9.29.